The molecule has 0 radical (unpaired) electrons. The molecule has 4 aliphatic rings. The van der Waals surface area contributed by atoms with Crippen molar-refractivity contribution >= 4 is 46.7 Å². The van der Waals surface area contributed by atoms with Crippen LogP contribution < -0.4 is 16.0 Å². The number of likely N-dealkylation sites (tertiary alicyclic amines) is 3. The number of fused-ring (bicyclic) bond motifs is 1. The number of nitrogens with two attached hydrogens (primary N) is 1. The average Bonchev–Trinajstić information content (AvgIpc) is 3.68. The quantitative estimate of drug-likeness (QED) is 0.279. The maximum atomic E-state index is 15.8. The normalized spacial score (nSPS) is 21.0. The van der Waals surface area contributed by atoms with Gasteiger partial charge in [0.15, 0.2) is 0 Å². The molecule has 8 rings (SSSR count). The summed E-state index contributed by atoms with van der Waals surface area (Å²) < 4.78 is 23.2. The number of carbonyl (C=O) groups is 2. The third-order valence-corrected chi connectivity index (χ3v) is 11.2. The lowest BCUT2D eigenvalue weighted by atomic mass is 9.71. The maximum Gasteiger partial charge on any atom is 0.410 e. The highest BCUT2D eigenvalue weighted by Gasteiger charge is 2.49. The van der Waals surface area contributed by atoms with Crippen molar-refractivity contribution < 1.29 is 18.7 Å². The SMILES string of the molecule is CC(C)(C)OC(=O)N1CC(N2CC[C@@H](N3CC4(CCN(c5nc(-c6ccc(C(=O)Nc7cc(Cl)ccn7)cc6F)c6c(N)nccn56)CC4)C3)C2)C1. The number of nitrogens with zero attached hydrogens (tertiary/aromatic N) is 8. The second-order valence-electron chi connectivity index (χ2n) is 15.7. The molecule has 1 spiro atoms. The van der Waals surface area contributed by atoms with Gasteiger partial charge in [-0.1, -0.05) is 11.6 Å². The van der Waals surface area contributed by atoms with Crippen LogP contribution in [0.25, 0.3) is 16.8 Å². The highest BCUT2D eigenvalue weighted by molar-refractivity contribution is 6.30. The van der Waals surface area contributed by atoms with Crippen LogP contribution in [0.5, 0.6) is 0 Å². The molecule has 0 aliphatic carbocycles. The van der Waals surface area contributed by atoms with Gasteiger partial charge in [0.1, 0.15) is 34.3 Å². The number of hydrogen-bond acceptors (Lipinski definition) is 10. The number of ether oxygens (including phenoxy) is 1. The van der Waals surface area contributed by atoms with E-state index in [0.717, 1.165) is 71.6 Å². The lowest BCUT2D eigenvalue weighted by Gasteiger charge is -2.56. The van der Waals surface area contributed by atoms with Crippen LogP contribution >= 0.6 is 11.6 Å². The molecule has 4 fully saturated rings. The molecule has 15 heteroatoms. The topological polar surface area (TPSA) is 137 Å². The van der Waals surface area contributed by atoms with Gasteiger partial charge in [0.25, 0.3) is 5.91 Å². The lowest BCUT2D eigenvalue weighted by Crippen LogP contribution is -2.64. The number of hydrogen-bond donors (Lipinski definition) is 2. The van der Waals surface area contributed by atoms with Gasteiger partial charge < -0.3 is 25.6 Å². The number of aromatic nitrogens is 4. The molecule has 0 bridgehead atoms. The molecule has 274 valence electrons. The monoisotopic (exact) mass is 730 g/mol. The molecule has 52 heavy (non-hydrogen) atoms. The molecule has 1 atom stereocenters. The first kappa shape index (κ1) is 34.6. The Morgan fingerprint density at radius 3 is 2.48 bits per heavy atom. The van der Waals surface area contributed by atoms with Gasteiger partial charge in [-0.15, -0.1) is 0 Å². The fourth-order valence-corrected chi connectivity index (χ4v) is 8.26. The Morgan fingerprint density at radius 1 is 1.00 bits per heavy atom. The van der Waals surface area contributed by atoms with Crippen molar-refractivity contribution in [2.45, 2.75) is 57.7 Å². The number of piperidine rings is 1. The number of imidazole rings is 1. The lowest BCUT2D eigenvalue weighted by molar-refractivity contribution is -0.0484. The van der Waals surface area contributed by atoms with E-state index in [1.165, 1.54) is 18.3 Å². The first-order valence-corrected chi connectivity index (χ1v) is 18.3. The molecule has 3 N–H and O–H groups in total. The number of nitrogens with one attached hydrogen (secondary N) is 1. The third-order valence-electron chi connectivity index (χ3n) is 10.9. The van der Waals surface area contributed by atoms with Gasteiger partial charge in [-0.25, -0.2) is 24.1 Å². The van der Waals surface area contributed by atoms with E-state index in [2.05, 4.69) is 30.0 Å². The smallest absolute Gasteiger partial charge is 0.410 e. The van der Waals surface area contributed by atoms with Gasteiger partial charge in [-0.2, -0.15) is 0 Å². The Balaban J connectivity index is 0.894. The van der Waals surface area contributed by atoms with Crippen molar-refractivity contribution in [2.75, 3.05) is 68.3 Å². The summed E-state index contributed by atoms with van der Waals surface area (Å²) in [5, 5.41) is 3.08. The van der Waals surface area contributed by atoms with Crippen LogP contribution in [0.1, 0.15) is 50.4 Å². The molecular weight excluding hydrogens is 687 g/mol. The minimum atomic E-state index is -0.600. The van der Waals surface area contributed by atoms with Crippen LogP contribution in [-0.4, -0.2) is 116 Å². The van der Waals surface area contributed by atoms with Crippen LogP contribution in [0.15, 0.2) is 48.9 Å². The van der Waals surface area contributed by atoms with E-state index in [1.54, 1.807) is 24.4 Å². The summed E-state index contributed by atoms with van der Waals surface area (Å²) in [6.45, 7) is 13.1. The Bertz CT molecular complexity index is 2010. The Hall–Kier alpha value is -4.53. The van der Waals surface area contributed by atoms with E-state index >= 15 is 4.39 Å². The first-order chi connectivity index (χ1) is 24.8. The van der Waals surface area contributed by atoms with E-state index in [-0.39, 0.29) is 34.3 Å². The summed E-state index contributed by atoms with van der Waals surface area (Å²) in [4.78, 5) is 47.8. The zero-order valence-electron chi connectivity index (χ0n) is 29.7. The van der Waals surface area contributed by atoms with Gasteiger partial charge in [-0.05, 0) is 75.8 Å². The largest absolute Gasteiger partial charge is 0.444 e. The molecule has 7 heterocycles. The van der Waals surface area contributed by atoms with E-state index in [4.69, 9.17) is 27.1 Å². The fourth-order valence-electron chi connectivity index (χ4n) is 8.10. The minimum Gasteiger partial charge on any atom is -0.444 e. The Kier molecular flexibility index (Phi) is 8.74. The fraction of sp³-hybridized carbons (Fsp3) is 0.486. The molecule has 4 aromatic rings. The van der Waals surface area contributed by atoms with Crippen LogP contribution in [-0.2, 0) is 4.74 Å². The highest BCUT2D eigenvalue weighted by Crippen LogP contribution is 2.44. The minimum absolute atomic E-state index is 0.131. The van der Waals surface area contributed by atoms with Crippen molar-refractivity contribution in [3.8, 4) is 11.3 Å². The van der Waals surface area contributed by atoms with Crippen molar-refractivity contribution in [1.29, 1.82) is 0 Å². The van der Waals surface area contributed by atoms with Crippen LogP contribution in [0.3, 0.4) is 0 Å². The standard InChI is InChI=1S/C37H44ClFN10O3/c1-36(2,3)52-35(51)47-19-26(20-47)46-12-7-25(18-46)48-21-37(22-48)8-13-45(14-9-37)34-44-30(31-32(40)42-11-15-49(31)34)27-5-4-23(16-28(27)39)33(50)43-29-17-24(38)6-10-41-29/h4-6,10-11,15-17,25-26H,7-9,12-14,18-22H2,1-3H3,(H2,40,42)(H,41,43,50)/t25-/m1/s1. The number of carbonyl (C=O) groups excluding carboxylic acids is 2. The van der Waals surface area contributed by atoms with Crippen molar-refractivity contribution in [3.63, 3.8) is 0 Å². The first-order valence-electron chi connectivity index (χ1n) is 17.9. The Morgan fingerprint density at radius 2 is 1.77 bits per heavy atom. The van der Waals surface area contributed by atoms with Crippen LogP contribution in [0, 0.1) is 11.2 Å². The van der Waals surface area contributed by atoms with Crippen molar-refractivity contribution in [1.82, 2.24) is 34.1 Å². The maximum absolute atomic E-state index is 15.8. The molecule has 4 saturated heterocycles. The summed E-state index contributed by atoms with van der Waals surface area (Å²) in [5.74, 6) is 0.108. The van der Waals surface area contributed by atoms with Crippen LogP contribution in [0.4, 0.5) is 26.8 Å². The molecule has 4 aliphatic heterocycles. The van der Waals surface area contributed by atoms with E-state index in [0.29, 0.717) is 34.3 Å². The summed E-state index contributed by atoms with van der Waals surface area (Å²) in [7, 11) is 0. The zero-order chi connectivity index (χ0) is 36.4. The van der Waals surface area contributed by atoms with Crippen LogP contribution in [0.2, 0.25) is 5.02 Å². The molecule has 0 unspecified atom stereocenters. The second kappa shape index (κ2) is 13.2. The Labute approximate surface area is 306 Å². The number of amides is 2. The van der Waals surface area contributed by atoms with Crippen molar-refractivity contribution in [2.24, 2.45) is 5.41 Å². The van der Waals surface area contributed by atoms with Gasteiger partial charge in [0, 0.05) is 99.2 Å². The van der Waals surface area contributed by atoms with E-state index < -0.39 is 17.3 Å². The van der Waals surface area contributed by atoms with Gasteiger partial charge in [-0.3, -0.25) is 19.0 Å². The van der Waals surface area contributed by atoms with Gasteiger partial charge >= 0.3 is 6.09 Å². The summed E-state index contributed by atoms with van der Waals surface area (Å²) in [6, 6.07) is 8.38. The molecular formula is C37H44ClFN10O3. The van der Waals surface area contributed by atoms with Crippen molar-refractivity contribution in [3.05, 3.63) is 65.3 Å². The van der Waals surface area contributed by atoms with E-state index in [9.17, 15) is 9.59 Å². The van der Waals surface area contributed by atoms with E-state index in [1.807, 2.05) is 36.3 Å². The number of pyridine rings is 1. The molecule has 3 aromatic heterocycles. The summed E-state index contributed by atoms with van der Waals surface area (Å²) in [6.07, 6.45) is 7.94. The third kappa shape index (κ3) is 6.63. The number of benzene rings is 1. The number of anilines is 3. The number of halogens is 2. The molecule has 2 amide bonds. The summed E-state index contributed by atoms with van der Waals surface area (Å²) in [5.41, 5.74) is 7.45. The molecule has 0 saturated carbocycles. The molecule has 13 nitrogen and oxygen atoms in total. The van der Waals surface area contributed by atoms with Gasteiger partial charge in [0.05, 0.1) is 0 Å². The molecule has 1 aromatic carbocycles. The number of rotatable bonds is 6. The predicted molar refractivity (Wildman–Crippen MR) is 197 cm³/mol. The van der Waals surface area contributed by atoms with Gasteiger partial charge in [0.2, 0.25) is 5.95 Å². The zero-order valence-corrected chi connectivity index (χ0v) is 30.4. The summed E-state index contributed by atoms with van der Waals surface area (Å²) >= 11 is 6.01. The number of nitrogen functional groups attached to an aromatic ring is 1. The average molecular weight is 731 g/mol. The second-order valence-corrected chi connectivity index (χ2v) is 16.1. The predicted octanol–water partition coefficient (Wildman–Crippen LogP) is 5.01. The highest BCUT2D eigenvalue weighted by atomic mass is 35.5.